The van der Waals surface area contributed by atoms with Crippen LogP contribution in [-0.4, -0.2) is 24.3 Å². The van der Waals surface area contributed by atoms with E-state index in [-0.39, 0.29) is 18.2 Å². The molecule has 104 valence electrons. The molecule has 1 saturated heterocycles. The molecule has 0 bridgehead atoms. The predicted molar refractivity (Wildman–Crippen MR) is 71.1 cm³/mol. The third-order valence-electron chi connectivity index (χ3n) is 3.04. The van der Waals surface area contributed by atoms with Crippen LogP contribution in [0.1, 0.15) is 39.4 Å². The van der Waals surface area contributed by atoms with Gasteiger partial charge in [-0.1, -0.05) is 12.1 Å². The van der Waals surface area contributed by atoms with Gasteiger partial charge in [-0.3, -0.25) is 0 Å². The molecule has 4 heteroatoms. The third-order valence-corrected chi connectivity index (χ3v) is 3.04. The summed E-state index contributed by atoms with van der Waals surface area (Å²) < 4.78 is 16.1. The number of epoxide rings is 1. The van der Waals surface area contributed by atoms with Gasteiger partial charge in [-0.2, -0.15) is 0 Å². The normalized spacial score (nSPS) is 25.2. The molecular formula is C15H20O4. The van der Waals surface area contributed by atoms with Crippen LogP contribution in [0.5, 0.6) is 5.75 Å². The maximum atomic E-state index is 11.8. The molecule has 1 fully saturated rings. The van der Waals surface area contributed by atoms with E-state index in [1.165, 1.54) is 0 Å². The van der Waals surface area contributed by atoms with Gasteiger partial charge in [0.15, 0.2) is 5.60 Å². The Bertz CT molecular complexity index is 452. The molecule has 2 rings (SSSR count). The fourth-order valence-corrected chi connectivity index (χ4v) is 2.02. The van der Waals surface area contributed by atoms with E-state index in [2.05, 4.69) is 0 Å². The van der Waals surface area contributed by atoms with E-state index in [4.69, 9.17) is 14.2 Å². The van der Waals surface area contributed by atoms with Crippen LogP contribution in [0, 0.1) is 0 Å². The molecule has 4 nitrogen and oxygen atoms in total. The molecule has 19 heavy (non-hydrogen) atoms. The minimum Gasteiger partial charge on any atom is -0.491 e. The first-order valence-corrected chi connectivity index (χ1v) is 6.59. The largest absolute Gasteiger partial charge is 0.491 e. The lowest BCUT2D eigenvalue weighted by Crippen LogP contribution is -2.24. The fraction of sp³-hybridized carbons (Fsp3) is 0.533. The summed E-state index contributed by atoms with van der Waals surface area (Å²) in [5.41, 5.74) is 0.128. The summed E-state index contributed by atoms with van der Waals surface area (Å²) in [6.07, 6.45) is -0.0764. The van der Waals surface area contributed by atoms with Crippen LogP contribution in [0.2, 0.25) is 0 Å². The SMILES string of the molecule is CCOC(=O)[C@@]1(C)O[C@H]1c1ccc(OC(C)C)cc1. The molecule has 0 radical (unpaired) electrons. The summed E-state index contributed by atoms with van der Waals surface area (Å²) in [4.78, 5) is 11.8. The van der Waals surface area contributed by atoms with E-state index in [1.807, 2.05) is 38.1 Å². The standard InChI is InChI=1S/C15H20O4/c1-5-17-14(16)15(4)13(19-15)11-6-8-12(9-7-11)18-10(2)3/h6-10,13H,5H2,1-4H3/t13-,15-/m0/s1. The molecule has 0 amide bonds. The van der Waals surface area contributed by atoms with Crippen LogP contribution in [0.4, 0.5) is 0 Å². The highest BCUT2D eigenvalue weighted by atomic mass is 16.7. The molecule has 0 unspecified atom stereocenters. The van der Waals surface area contributed by atoms with E-state index in [0.29, 0.717) is 6.61 Å². The molecule has 1 aromatic rings. The number of carbonyl (C=O) groups excluding carboxylic acids is 1. The molecule has 0 saturated carbocycles. The van der Waals surface area contributed by atoms with Gasteiger partial charge in [0.2, 0.25) is 0 Å². The van der Waals surface area contributed by atoms with Gasteiger partial charge in [-0.15, -0.1) is 0 Å². The maximum Gasteiger partial charge on any atom is 0.341 e. The van der Waals surface area contributed by atoms with Crippen LogP contribution in [0.25, 0.3) is 0 Å². The first-order valence-electron chi connectivity index (χ1n) is 6.59. The molecule has 0 aliphatic carbocycles. The number of hydrogen-bond donors (Lipinski definition) is 0. The van der Waals surface area contributed by atoms with Crippen molar-refractivity contribution in [2.75, 3.05) is 6.61 Å². The predicted octanol–water partition coefficient (Wildman–Crippen LogP) is 2.87. The van der Waals surface area contributed by atoms with E-state index in [0.717, 1.165) is 11.3 Å². The second kappa shape index (κ2) is 5.21. The van der Waals surface area contributed by atoms with Crippen molar-refractivity contribution in [2.24, 2.45) is 0 Å². The average molecular weight is 264 g/mol. The molecule has 1 aliphatic heterocycles. The molecule has 0 aromatic heterocycles. The topological polar surface area (TPSA) is 48.1 Å². The lowest BCUT2D eigenvalue weighted by molar-refractivity contribution is -0.148. The molecular weight excluding hydrogens is 244 g/mol. The van der Waals surface area contributed by atoms with E-state index in [1.54, 1.807) is 13.8 Å². The van der Waals surface area contributed by atoms with Crippen molar-refractivity contribution in [2.45, 2.75) is 45.5 Å². The highest BCUT2D eigenvalue weighted by Crippen LogP contribution is 2.50. The van der Waals surface area contributed by atoms with Crippen molar-refractivity contribution in [1.29, 1.82) is 0 Å². The number of ether oxygens (including phenoxy) is 3. The monoisotopic (exact) mass is 264 g/mol. The Labute approximate surface area is 113 Å². The van der Waals surface area contributed by atoms with Gasteiger partial charge in [0.05, 0.1) is 12.7 Å². The summed E-state index contributed by atoms with van der Waals surface area (Å²) in [6.45, 7) is 7.88. The number of rotatable bonds is 5. The van der Waals surface area contributed by atoms with Crippen molar-refractivity contribution >= 4 is 5.97 Å². The Balaban J connectivity index is 2.03. The van der Waals surface area contributed by atoms with Crippen molar-refractivity contribution in [3.8, 4) is 5.75 Å². The summed E-state index contributed by atoms with van der Waals surface area (Å²) in [7, 11) is 0. The van der Waals surface area contributed by atoms with Crippen molar-refractivity contribution in [3.63, 3.8) is 0 Å². The van der Waals surface area contributed by atoms with Gasteiger partial charge in [0.1, 0.15) is 11.9 Å². The highest BCUT2D eigenvalue weighted by Gasteiger charge is 2.60. The Kier molecular flexibility index (Phi) is 3.80. The zero-order chi connectivity index (χ0) is 14.0. The summed E-state index contributed by atoms with van der Waals surface area (Å²) in [6, 6.07) is 7.63. The second-order valence-electron chi connectivity index (χ2n) is 5.06. The lowest BCUT2D eigenvalue weighted by atomic mass is 10.0. The van der Waals surface area contributed by atoms with Crippen LogP contribution < -0.4 is 4.74 Å². The van der Waals surface area contributed by atoms with E-state index >= 15 is 0 Å². The highest BCUT2D eigenvalue weighted by molar-refractivity contribution is 5.83. The van der Waals surface area contributed by atoms with Crippen LogP contribution in [0.3, 0.4) is 0 Å². The zero-order valence-electron chi connectivity index (χ0n) is 11.8. The first-order chi connectivity index (χ1) is 8.97. The van der Waals surface area contributed by atoms with Gasteiger partial charge in [0, 0.05) is 0 Å². The minimum atomic E-state index is -0.837. The van der Waals surface area contributed by atoms with Crippen LogP contribution in [-0.2, 0) is 14.3 Å². The van der Waals surface area contributed by atoms with E-state index < -0.39 is 5.60 Å². The minimum absolute atomic E-state index is 0.146. The molecule has 1 aromatic carbocycles. The fourth-order valence-electron chi connectivity index (χ4n) is 2.02. The molecule has 2 atom stereocenters. The third kappa shape index (κ3) is 2.89. The number of hydrogen-bond acceptors (Lipinski definition) is 4. The molecule has 1 heterocycles. The lowest BCUT2D eigenvalue weighted by Gasteiger charge is -2.10. The molecule has 0 spiro atoms. The average Bonchev–Trinajstić information content (AvgIpc) is 3.04. The van der Waals surface area contributed by atoms with Crippen LogP contribution >= 0.6 is 0 Å². The number of carbonyl (C=O) groups is 1. The van der Waals surface area contributed by atoms with Gasteiger partial charge in [-0.25, -0.2) is 4.79 Å². The van der Waals surface area contributed by atoms with Gasteiger partial charge < -0.3 is 14.2 Å². The number of benzene rings is 1. The van der Waals surface area contributed by atoms with Crippen molar-refractivity contribution in [1.82, 2.24) is 0 Å². The zero-order valence-corrected chi connectivity index (χ0v) is 11.8. The second-order valence-corrected chi connectivity index (χ2v) is 5.06. The molecule has 0 N–H and O–H groups in total. The van der Waals surface area contributed by atoms with Gasteiger partial charge >= 0.3 is 5.97 Å². The Morgan fingerprint density at radius 1 is 1.37 bits per heavy atom. The molecule has 1 aliphatic rings. The quantitative estimate of drug-likeness (QED) is 0.606. The Morgan fingerprint density at radius 2 is 2.00 bits per heavy atom. The van der Waals surface area contributed by atoms with Crippen molar-refractivity contribution in [3.05, 3.63) is 29.8 Å². The summed E-state index contributed by atoms with van der Waals surface area (Å²) >= 11 is 0. The summed E-state index contributed by atoms with van der Waals surface area (Å²) in [5, 5.41) is 0. The van der Waals surface area contributed by atoms with Gasteiger partial charge in [0.25, 0.3) is 0 Å². The smallest absolute Gasteiger partial charge is 0.341 e. The van der Waals surface area contributed by atoms with Crippen molar-refractivity contribution < 1.29 is 19.0 Å². The summed E-state index contributed by atoms with van der Waals surface area (Å²) in [5.74, 6) is 0.514. The maximum absolute atomic E-state index is 11.8. The Morgan fingerprint density at radius 3 is 2.53 bits per heavy atom. The van der Waals surface area contributed by atoms with E-state index in [9.17, 15) is 4.79 Å². The Hall–Kier alpha value is -1.55. The number of esters is 1. The first kappa shape index (κ1) is 13.9. The van der Waals surface area contributed by atoms with Crippen LogP contribution in [0.15, 0.2) is 24.3 Å². The van der Waals surface area contributed by atoms with Gasteiger partial charge in [-0.05, 0) is 45.4 Å².